The molecule has 0 atom stereocenters. The van der Waals surface area contributed by atoms with E-state index in [1.54, 1.807) is 19.1 Å². The summed E-state index contributed by atoms with van der Waals surface area (Å²) in [6.45, 7) is 2.22. The van der Waals surface area contributed by atoms with E-state index in [1.807, 2.05) is 22.6 Å². The van der Waals surface area contributed by atoms with E-state index in [0.717, 1.165) is 0 Å². The fourth-order valence-electron chi connectivity index (χ4n) is 1.67. The number of ether oxygens (including phenoxy) is 2. The molecule has 0 spiro atoms. The Bertz CT molecular complexity index is 701. The SMILES string of the molecule is Cc1cc(Oc2ccc(OC(=O)C(C)(F)F)cc2)cc(I)c1O. The Labute approximate surface area is 145 Å². The van der Waals surface area contributed by atoms with E-state index in [-0.39, 0.29) is 11.5 Å². The average Bonchev–Trinajstić information content (AvgIpc) is 2.45. The number of alkyl halides is 2. The molecule has 0 aromatic heterocycles. The van der Waals surface area contributed by atoms with E-state index in [4.69, 9.17) is 4.74 Å². The molecule has 4 nitrogen and oxygen atoms in total. The summed E-state index contributed by atoms with van der Waals surface area (Å²) in [5.41, 5.74) is 0.669. The van der Waals surface area contributed by atoms with Gasteiger partial charge in [-0.2, -0.15) is 8.78 Å². The predicted octanol–water partition coefficient (Wildman–Crippen LogP) is 4.66. The van der Waals surface area contributed by atoms with Crippen LogP contribution in [0, 0.1) is 10.5 Å². The number of hydrogen-bond acceptors (Lipinski definition) is 4. The number of rotatable bonds is 4. The van der Waals surface area contributed by atoms with Crippen LogP contribution < -0.4 is 9.47 Å². The maximum atomic E-state index is 12.8. The van der Waals surface area contributed by atoms with Crippen molar-refractivity contribution in [2.75, 3.05) is 0 Å². The van der Waals surface area contributed by atoms with Crippen molar-refractivity contribution in [1.82, 2.24) is 0 Å². The van der Waals surface area contributed by atoms with Crippen LogP contribution in [-0.2, 0) is 4.79 Å². The summed E-state index contributed by atoms with van der Waals surface area (Å²) in [4.78, 5) is 11.1. The fraction of sp³-hybridized carbons (Fsp3) is 0.188. The van der Waals surface area contributed by atoms with Crippen LogP contribution in [0.25, 0.3) is 0 Å². The van der Waals surface area contributed by atoms with Gasteiger partial charge in [0.05, 0.1) is 3.57 Å². The minimum absolute atomic E-state index is 0.000317. The number of hydrogen-bond donors (Lipinski definition) is 1. The monoisotopic (exact) mass is 434 g/mol. The first-order valence-corrected chi connectivity index (χ1v) is 7.62. The minimum atomic E-state index is -3.55. The molecule has 0 aliphatic heterocycles. The Morgan fingerprint density at radius 3 is 2.22 bits per heavy atom. The van der Waals surface area contributed by atoms with Crippen molar-refractivity contribution in [2.24, 2.45) is 0 Å². The van der Waals surface area contributed by atoms with Crippen molar-refractivity contribution in [1.29, 1.82) is 0 Å². The van der Waals surface area contributed by atoms with Gasteiger partial charge < -0.3 is 14.6 Å². The van der Waals surface area contributed by atoms with Crippen LogP contribution in [0.15, 0.2) is 36.4 Å². The van der Waals surface area contributed by atoms with Gasteiger partial charge in [-0.15, -0.1) is 0 Å². The van der Waals surface area contributed by atoms with E-state index in [2.05, 4.69) is 4.74 Å². The number of phenols is 1. The first kappa shape index (κ1) is 17.5. The third-order valence-electron chi connectivity index (χ3n) is 2.86. The molecular formula is C16H13F2IO4. The molecule has 2 rings (SSSR count). The van der Waals surface area contributed by atoms with Gasteiger partial charge in [-0.25, -0.2) is 4.79 Å². The highest BCUT2D eigenvalue weighted by Gasteiger charge is 2.34. The topological polar surface area (TPSA) is 55.8 Å². The van der Waals surface area contributed by atoms with Crippen LogP contribution >= 0.6 is 22.6 Å². The number of esters is 1. The summed E-state index contributed by atoms with van der Waals surface area (Å²) in [7, 11) is 0. The van der Waals surface area contributed by atoms with Gasteiger partial charge in [-0.3, -0.25) is 0 Å². The van der Waals surface area contributed by atoms with Crippen LogP contribution in [0.4, 0.5) is 8.78 Å². The average molecular weight is 434 g/mol. The number of aryl methyl sites for hydroxylation is 1. The summed E-state index contributed by atoms with van der Waals surface area (Å²) in [6.07, 6.45) is 0. The van der Waals surface area contributed by atoms with Gasteiger partial charge >= 0.3 is 11.9 Å². The lowest BCUT2D eigenvalue weighted by molar-refractivity contribution is -0.158. The second kappa shape index (κ2) is 6.69. The normalized spacial score (nSPS) is 11.2. The summed E-state index contributed by atoms with van der Waals surface area (Å²) in [5.74, 6) is -4.01. The van der Waals surface area contributed by atoms with Gasteiger partial charge in [0.25, 0.3) is 0 Å². The number of carbonyl (C=O) groups excluding carboxylic acids is 1. The second-order valence-electron chi connectivity index (χ2n) is 4.92. The molecule has 2 aromatic rings. The van der Waals surface area contributed by atoms with Gasteiger partial charge in [0.15, 0.2) is 0 Å². The van der Waals surface area contributed by atoms with Crippen LogP contribution in [0.5, 0.6) is 23.0 Å². The van der Waals surface area contributed by atoms with Gasteiger partial charge in [0.2, 0.25) is 0 Å². The van der Waals surface area contributed by atoms with Crippen molar-refractivity contribution in [3.05, 3.63) is 45.5 Å². The summed E-state index contributed by atoms with van der Waals surface area (Å²) in [5, 5.41) is 9.71. The van der Waals surface area contributed by atoms with E-state index in [9.17, 15) is 18.7 Å². The lowest BCUT2D eigenvalue weighted by atomic mass is 10.2. The zero-order valence-corrected chi connectivity index (χ0v) is 14.4. The number of benzene rings is 2. The molecule has 23 heavy (non-hydrogen) atoms. The molecule has 2 aromatic carbocycles. The van der Waals surface area contributed by atoms with Crippen LogP contribution in [0.2, 0.25) is 0 Å². The van der Waals surface area contributed by atoms with E-state index >= 15 is 0 Å². The lowest BCUT2D eigenvalue weighted by Crippen LogP contribution is -2.29. The Morgan fingerprint density at radius 1 is 1.13 bits per heavy atom. The van der Waals surface area contributed by atoms with Crippen LogP contribution in [0.3, 0.4) is 0 Å². The summed E-state index contributed by atoms with van der Waals surface area (Å²) in [6, 6.07) is 9.03. The third-order valence-corrected chi connectivity index (χ3v) is 3.68. The Kier molecular flexibility index (Phi) is 5.08. The van der Waals surface area contributed by atoms with Crippen LogP contribution in [0.1, 0.15) is 12.5 Å². The van der Waals surface area contributed by atoms with Crippen LogP contribution in [-0.4, -0.2) is 17.0 Å². The number of carbonyl (C=O) groups is 1. The van der Waals surface area contributed by atoms with Crippen molar-refractivity contribution in [3.8, 4) is 23.0 Å². The molecule has 0 amide bonds. The number of halogens is 3. The third kappa shape index (κ3) is 4.54. The largest absolute Gasteiger partial charge is 0.507 e. The molecule has 0 aliphatic carbocycles. The number of phenolic OH excluding ortho intramolecular Hbond substituents is 1. The highest BCUT2D eigenvalue weighted by Crippen LogP contribution is 2.32. The molecule has 0 saturated carbocycles. The van der Waals surface area contributed by atoms with Crippen molar-refractivity contribution in [2.45, 2.75) is 19.8 Å². The van der Waals surface area contributed by atoms with E-state index in [0.29, 0.717) is 27.6 Å². The molecule has 0 fully saturated rings. The first-order valence-electron chi connectivity index (χ1n) is 6.54. The lowest BCUT2D eigenvalue weighted by Gasteiger charge is -2.11. The quantitative estimate of drug-likeness (QED) is 0.432. The number of aromatic hydroxyl groups is 1. The minimum Gasteiger partial charge on any atom is -0.507 e. The van der Waals surface area contributed by atoms with Gasteiger partial charge in [-0.1, -0.05) is 0 Å². The molecule has 7 heteroatoms. The van der Waals surface area contributed by atoms with Gasteiger partial charge in [0.1, 0.15) is 23.0 Å². The van der Waals surface area contributed by atoms with Crippen molar-refractivity contribution < 1.29 is 28.2 Å². The Hall–Kier alpha value is -1.90. The molecule has 122 valence electrons. The second-order valence-corrected chi connectivity index (χ2v) is 6.08. The maximum absolute atomic E-state index is 12.8. The van der Waals surface area contributed by atoms with E-state index < -0.39 is 11.9 Å². The molecule has 0 unspecified atom stereocenters. The summed E-state index contributed by atoms with van der Waals surface area (Å²) >= 11 is 1.99. The Balaban J connectivity index is 2.10. The molecule has 0 radical (unpaired) electrons. The maximum Gasteiger partial charge on any atom is 0.382 e. The zero-order valence-electron chi connectivity index (χ0n) is 12.3. The molecule has 0 saturated heterocycles. The van der Waals surface area contributed by atoms with Gasteiger partial charge in [0, 0.05) is 6.92 Å². The fourth-order valence-corrected chi connectivity index (χ4v) is 2.40. The molecule has 1 N–H and O–H groups in total. The molecule has 0 heterocycles. The standard InChI is InChI=1S/C16H13F2IO4/c1-9-7-12(8-13(19)14(9)20)22-10-3-5-11(6-4-10)23-15(21)16(2,17)18/h3-8,20H,1-2H3. The van der Waals surface area contributed by atoms with Gasteiger partial charge in [-0.05, 0) is 71.5 Å². The zero-order chi connectivity index (χ0) is 17.2. The Morgan fingerprint density at radius 2 is 1.70 bits per heavy atom. The molecule has 0 bridgehead atoms. The van der Waals surface area contributed by atoms with E-state index in [1.165, 1.54) is 24.3 Å². The van der Waals surface area contributed by atoms with Crippen molar-refractivity contribution >= 4 is 28.6 Å². The highest BCUT2D eigenvalue weighted by atomic mass is 127. The van der Waals surface area contributed by atoms with Crippen molar-refractivity contribution in [3.63, 3.8) is 0 Å². The molecule has 0 aliphatic rings. The summed E-state index contributed by atoms with van der Waals surface area (Å²) < 4.78 is 36.3. The molecular weight excluding hydrogens is 421 g/mol. The predicted molar refractivity (Wildman–Crippen MR) is 88.3 cm³/mol. The first-order chi connectivity index (χ1) is 10.7. The smallest absolute Gasteiger partial charge is 0.382 e. The highest BCUT2D eigenvalue weighted by molar-refractivity contribution is 14.1.